The average molecular weight is 177 g/mol. The molecule has 1 aromatic carbocycles. The summed E-state index contributed by atoms with van der Waals surface area (Å²) in [5.74, 6) is 0. The fourth-order valence-corrected chi connectivity index (χ4v) is 0.948. The van der Waals surface area contributed by atoms with Crippen molar-refractivity contribution in [2.24, 2.45) is 0 Å². The molecule has 0 unspecified atom stereocenters. The molecule has 0 radical (unpaired) electrons. The normalized spacial score (nSPS) is 9.92. The van der Waals surface area contributed by atoms with Crippen LogP contribution in [-0.2, 0) is 4.87 Å². The number of hydrogen-bond donors (Lipinski definition) is 0. The number of benzene rings is 1. The van der Waals surface area contributed by atoms with E-state index in [1.165, 1.54) is 0 Å². The van der Waals surface area contributed by atoms with E-state index in [0.29, 0.717) is 5.56 Å². The molecule has 0 amide bonds. The minimum absolute atomic E-state index is 0.511. The Hall–Kier alpha value is -1.51. The molecule has 1 rings (SSSR count). The highest BCUT2D eigenvalue weighted by molar-refractivity contribution is 6.27. The summed E-state index contributed by atoms with van der Waals surface area (Å²) in [6.07, 6.45) is 0. The average Bonchev–Trinajstić information content (AvgIpc) is 2.18. The van der Waals surface area contributed by atoms with E-state index in [0.717, 1.165) is 0 Å². The minimum Gasteiger partial charge on any atom is -0.195 e. The van der Waals surface area contributed by atoms with Crippen molar-refractivity contribution in [3.63, 3.8) is 0 Å². The summed E-state index contributed by atoms with van der Waals surface area (Å²) < 4.78 is 0. The van der Waals surface area contributed by atoms with Crippen LogP contribution in [0.15, 0.2) is 30.3 Å². The van der Waals surface area contributed by atoms with Crippen molar-refractivity contribution < 1.29 is 0 Å². The van der Waals surface area contributed by atoms with Gasteiger partial charge in [-0.1, -0.05) is 41.9 Å². The molecule has 0 bridgehead atoms. The summed E-state index contributed by atoms with van der Waals surface area (Å²) in [6, 6.07) is 12.1. The Bertz CT molecular complexity index is 331. The number of nitriles is 2. The number of nitrogens with zero attached hydrogens (tertiary/aromatic N) is 2. The predicted molar refractivity (Wildman–Crippen MR) is 45.2 cm³/mol. The fraction of sp³-hybridized carbons (Fsp3) is 0.111. The van der Waals surface area contributed by atoms with Crippen LogP contribution in [0.1, 0.15) is 5.56 Å². The van der Waals surface area contributed by atoms with Gasteiger partial charge in [0.25, 0.3) is 0 Å². The second-order valence-corrected chi connectivity index (χ2v) is 2.82. The lowest BCUT2D eigenvalue weighted by Crippen LogP contribution is -2.12. The van der Waals surface area contributed by atoms with Crippen LogP contribution in [0.25, 0.3) is 0 Å². The van der Waals surface area contributed by atoms with Crippen LogP contribution in [0.2, 0.25) is 0 Å². The Labute approximate surface area is 75.6 Å². The molecule has 3 heteroatoms. The molecule has 0 saturated carbocycles. The molecule has 0 aliphatic carbocycles. The van der Waals surface area contributed by atoms with Gasteiger partial charge < -0.3 is 0 Å². The molecule has 0 fully saturated rings. The molecule has 0 aliphatic rings. The lowest BCUT2D eigenvalue weighted by Gasteiger charge is -2.08. The highest BCUT2D eigenvalue weighted by Crippen LogP contribution is 2.26. The summed E-state index contributed by atoms with van der Waals surface area (Å²) >= 11 is 5.71. The third kappa shape index (κ3) is 1.39. The van der Waals surface area contributed by atoms with E-state index in [1.54, 1.807) is 42.5 Å². The van der Waals surface area contributed by atoms with E-state index >= 15 is 0 Å². The summed E-state index contributed by atoms with van der Waals surface area (Å²) in [5.41, 5.74) is 0.511. The van der Waals surface area contributed by atoms with Crippen molar-refractivity contribution in [1.82, 2.24) is 0 Å². The van der Waals surface area contributed by atoms with Crippen LogP contribution in [-0.4, -0.2) is 0 Å². The molecule has 12 heavy (non-hydrogen) atoms. The van der Waals surface area contributed by atoms with E-state index in [1.807, 2.05) is 0 Å². The number of rotatable bonds is 1. The van der Waals surface area contributed by atoms with Gasteiger partial charge >= 0.3 is 0 Å². The van der Waals surface area contributed by atoms with Crippen molar-refractivity contribution in [2.45, 2.75) is 4.87 Å². The van der Waals surface area contributed by atoms with Gasteiger partial charge in [-0.05, 0) is 0 Å². The number of alkyl halides is 1. The van der Waals surface area contributed by atoms with E-state index in [9.17, 15) is 0 Å². The Morgan fingerprint density at radius 2 is 1.58 bits per heavy atom. The Balaban J connectivity index is 3.17. The summed E-state index contributed by atoms with van der Waals surface area (Å²) in [7, 11) is 0. The molecule has 1 aromatic rings. The molecule has 0 heterocycles. The van der Waals surface area contributed by atoms with Crippen LogP contribution in [0.4, 0.5) is 0 Å². The largest absolute Gasteiger partial charge is 0.240 e. The SMILES string of the molecule is N#CC(Cl)(C#N)c1ccccc1. The molecule has 0 spiro atoms. The predicted octanol–water partition coefficient (Wildman–Crippen LogP) is 2.17. The fourth-order valence-electron chi connectivity index (χ4n) is 0.822. The first-order valence-corrected chi connectivity index (χ1v) is 3.67. The van der Waals surface area contributed by atoms with Gasteiger partial charge in [-0.25, -0.2) is 0 Å². The lowest BCUT2D eigenvalue weighted by molar-refractivity contribution is 1.00. The van der Waals surface area contributed by atoms with E-state index in [2.05, 4.69) is 0 Å². The lowest BCUT2D eigenvalue weighted by atomic mass is 10.0. The monoisotopic (exact) mass is 176 g/mol. The molecule has 0 aromatic heterocycles. The summed E-state index contributed by atoms with van der Waals surface area (Å²) in [4.78, 5) is -1.54. The van der Waals surface area contributed by atoms with Gasteiger partial charge in [0.15, 0.2) is 0 Å². The van der Waals surface area contributed by atoms with Crippen molar-refractivity contribution in [1.29, 1.82) is 10.5 Å². The van der Waals surface area contributed by atoms with Gasteiger partial charge in [-0.15, -0.1) is 0 Å². The molecule has 58 valence electrons. The second kappa shape index (κ2) is 3.26. The first-order chi connectivity index (χ1) is 5.73. The van der Waals surface area contributed by atoms with Crippen molar-refractivity contribution in [3.05, 3.63) is 35.9 Å². The standard InChI is InChI=1S/C9H5ClN2/c10-9(6-11,7-12)8-4-2-1-3-5-8/h1-5H. The zero-order valence-corrected chi connectivity index (χ0v) is 6.92. The van der Waals surface area contributed by atoms with Crippen LogP contribution in [0.3, 0.4) is 0 Å². The van der Waals surface area contributed by atoms with Crippen LogP contribution in [0, 0.1) is 22.7 Å². The maximum absolute atomic E-state index is 8.63. The Morgan fingerprint density at radius 3 is 2.00 bits per heavy atom. The third-order valence-corrected chi connectivity index (χ3v) is 1.87. The van der Waals surface area contributed by atoms with Crippen LogP contribution in [0.5, 0.6) is 0 Å². The van der Waals surface area contributed by atoms with Crippen molar-refractivity contribution in [3.8, 4) is 12.1 Å². The minimum atomic E-state index is -1.54. The maximum atomic E-state index is 8.63. The van der Waals surface area contributed by atoms with Gasteiger partial charge in [0.05, 0.1) is 0 Å². The van der Waals surface area contributed by atoms with Gasteiger partial charge in [0, 0.05) is 5.56 Å². The second-order valence-electron chi connectivity index (χ2n) is 2.25. The number of hydrogen-bond acceptors (Lipinski definition) is 2. The molecule has 0 aliphatic heterocycles. The molecular formula is C9H5ClN2. The van der Waals surface area contributed by atoms with Gasteiger partial charge in [-0.3, -0.25) is 0 Å². The topological polar surface area (TPSA) is 47.6 Å². The Morgan fingerprint density at radius 1 is 1.08 bits per heavy atom. The van der Waals surface area contributed by atoms with E-state index in [4.69, 9.17) is 22.1 Å². The molecule has 0 N–H and O–H groups in total. The van der Waals surface area contributed by atoms with Gasteiger partial charge in [0.1, 0.15) is 12.1 Å². The smallest absolute Gasteiger partial charge is 0.195 e. The van der Waals surface area contributed by atoms with E-state index < -0.39 is 4.87 Å². The highest BCUT2D eigenvalue weighted by atomic mass is 35.5. The van der Waals surface area contributed by atoms with Gasteiger partial charge in [-0.2, -0.15) is 10.5 Å². The quantitative estimate of drug-likeness (QED) is 0.616. The Kier molecular flexibility index (Phi) is 2.33. The molecular weight excluding hydrogens is 172 g/mol. The zero-order chi connectivity index (χ0) is 9.03. The van der Waals surface area contributed by atoms with Crippen molar-refractivity contribution >= 4 is 11.6 Å². The molecule has 2 nitrogen and oxygen atoms in total. The van der Waals surface area contributed by atoms with Crippen molar-refractivity contribution in [2.75, 3.05) is 0 Å². The third-order valence-electron chi connectivity index (χ3n) is 1.48. The summed E-state index contributed by atoms with van der Waals surface area (Å²) in [5, 5.41) is 17.3. The van der Waals surface area contributed by atoms with E-state index in [-0.39, 0.29) is 0 Å². The number of halogens is 1. The zero-order valence-electron chi connectivity index (χ0n) is 6.16. The maximum Gasteiger partial charge on any atom is 0.240 e. The first kappa shape index (κ1) is 8.59. The summed E-state index contributed by atoms with van der Waals surface area (Å²) in [6.45, 7) is 0. The van der Waals surface area contributed by atoms with Gasteiger partial charge in [0.2, 0.25) is 4.87 Å². The highest BCUT2D eigenvalue weighted by Gasteiger charge is 2.28. The van der Waals surface area contributed by atoms with Crippen LogP contribution >= 0.6 is 11.6 Å². The molecule has 0 atom stereocenters. The molecule has 0 saturated heterocycles. The van der Waals surface area contributed by atoms with Crippen LogP contribution < -0.4 is 0 Å². The first-order valence-electron chi connectivity index (χ1n) is 3.30.